The molecule has 0 saturated heterocycles. The Morgan fingerprint density at radius 3 is 2.95 bits per heavy atom. The summed E-state index contributed by atoms with van der Waals surface area (Å²) in [6.45, 7) is 0.438. The van der Waals surface area contributed by atoms with Crippen molar-refractivity contribution in [3.05, 3.63) is 53.6 Å². The van der Waals surface area contributed by atoms with Crippen molar-refractivity contribution in [1.82, 2.24) is 4.98 Å². The molecule has 0 aliphatic carbocycles. The van der Waals surface area contributed by atoms with E-state index >= 15 is 0 Å². The predicted molar refractivity (Wildman–Crippen MR) is 76.3 cm³/mol. The molecule has 2 heterocycles. The smallest absolute Gasteiger partial charge is 0.257 e. The van der Waals surface area contributed by atoms with Crippen molar-refractivity contribution in [2.75, 3.05) is 17.3 Å². The fourth-order valence-corrected chi connectivity index (χ4v) is 2.37. The largest absolute Gasteiger partial charge is 0.378 e. The molecular weight excluding hydrogens is 273 g/mol. The highest BCUT2D eigenvalue weighted by molar-refractivity contribution is 6.02. The van der Waals surface area contributed by atoms with E-state index in [0.29, 0.717) is 17.9 Å². The molecule has 1 atom stereocenters. The standard InChI is InChI=1S/C15H14FN3O2/c1-19(8-9-4-2-3-5-17-9)13-7-12-10(6-11(13)16)14(20)15(21)18-12/h2-7,14,20H,8H2,1H3,(H,18,21). The Balaban J connectivity index is 1.90. The Morgan fingerprint density at radius 1 is 1.43 bits per heavy atom. The lowest BCUT2D eigenvalue weighted by Gasteiger charge is -2.20. The molecular formula is C15H14FN3O2. The molecule has 5 nitrogen and oxygen atoms in total. The number of benzene rings is 1. The first kappa shape index (κ1) is 13.5. The second-order valence-electron chi connectivity index (χ2n) is 4.96. The maximum absolute atomic E-state index is 14.2. The third kappa shape index (κ3) is 2.45. The highest BCUT2D eigenvalue weighted by atomic mass is 19.1. The predicted octanol–water partition coefficient (Wildman–Crippen LogP) is 1.84. The quantitative estimate of drug-likeness (QED) is 0.904. The van der Waals surface area contributed by atoms with Gasteiger partial charge in [0.2, 0.25) is 0 Å². The Bertz CT molecular complexity index is 691. The number of aliphatic hydroxyl groups is 1. The number of halogens is 1. The van der Waals surface area contributed by atoms with Gasteiger partial charge in [0, 0.05) is 24.5 Å². The first-order valence-electron chi connectivity index (χ1n) is 6.49. The minimum atomic E-state index is -1.30. The monoisotopic (exact) mass is 287 g/mol. The van der Waals surface area contributed by atoms with Crippen molar-refractivity contribution >= 4 is 17.3 Å². The molecule has 0 bridgehead atoms. The molecule has 2 N–H and O–H groups in total. The molecule has 1 aromatic carbocycles. The number of nitrogens with one attached hydrogen (secondary N) is 1. The van der Waals surface area contributed by atoms with E-state index in [4.69, 9.17) is 0 Å². The van der Waals surface area contributed by atoms with Crippen LogP contribution in [0.2, 0.25) is 0 Å². The Kier molecular flexibility index (Phi) is 3.31. The SMILES string of the molecule is CN(Cc1ccccn1)c1cc2c(cc1F)C(O)C(=O)N2. The van der Waals surface area contributed by atoms with Crippen molar-refractivity contribution in [3.63, 3.8) is 0 Å². The van der Waals surface area contributed by atoms with Gasteiger partial charge in [-0.3, -0.25) is 9.78 Å². The van der Waals surface area contributed by atoms with E-state index in [2.05, 4.69) is 10.3 Å². The van der Waals surface area contributed by atoms with Crippen LogP contribution in [-0.2, 0) is 11.3 Å². The molecule has 1 aliphatic rings. The summed E-state index contributed by atoms with van der Waals surface area (Å²) < 4.78 is 14.2. The fourth-order valence-electron chi connectivity index (χ4n) is 2.37. The number of hydrogen-bond donors (Lipinski definition) is 2. The summed E-state index contributed by atoms with van der Waals surface area (Å²) in [5, 5.41) is 12.2. The van der Waals surface area contributed by atoms with Crippen LogP contribution < -0.4 is 10.2 Å². The van der Waals surface area contributed by atoms with E-state index in [1.165, 1.54) is 12.1 Å². The van der Waals surface area contributed by atoms with Crippen molar-refractivity contribution in [2.45, 2.75) is 12.6 Å². The van der Waals surface area contributed by atoms with Gasteiger partial charge in [0.15, 0.2) is 6.10 Å². The zero-order valence-corrected chi connectivity index (χ0v) is 11.4. The van der Waals surface area contributed by atoms with E-state index < -0.39 is 17.8 Å². The van der Waals surface area contributed by atoms with Gasteiger partial charge in [0.1, 0.15) is 5.82 Å². The van der Waals surface area contributed by atoms with E-state index in [0.717, 1.165) is 5.69 Å². The normalized spacial score (nSPS) is 16.5. The molecule has 21 heavy (non-hydrogen) atoms. The first-order valence-corrected chi connectivity index (χ1v) is 6.49. The molecule has 1 amide bonds. The number of carbonyl (C=O) groups excluding carboxylic acids is 1. The molecule has 2 aromatic rings. The van der Waals surface area contributed by atoms with Gasteiger partial charge in [-0.2, -0.15) is 0 Å². The van der Waals surface area contributed by atoms with Gasteiger partial charge in [0.05, 0.1) is 17.9 Å². The fraction of sp³-hybridized carbons (Fsp3) is 0.200. The first-order chi connectivity index (χ1) is 10.1. The molecule has 6 heteroatoms. The van der Waals surface area contributed by atoms with Gasteiger partial charge >= 0.3 is 0 Å². The summed E-state index contributed by atoms with van der Waals surface area (Å²) in [6, 6.07) is 8.26. The lowest BCUT2D eigenvalue weighted by Crippen LogP contribution is -2.18. The lowest BCUT2D eigenvalue weighted by molar-refractivity contribution is -0.123. The maximum atomic E-state index is 14.2. The molecule has 1 unspecified atom stereocenters. The third-order valence-electron chi connectivity index (χ3n) is 3.46. The number of rotatable bonds is 3. The van der Waals surface area contributed by atoms with E-state index in [-0.39, 0.29) is 5.56 Å². The molecule has 0 saturated carbocycles. The second-order valence-corrected chi connectivity index (χ2v) is 4.96. The molecule has 1 aliphatic heterocycles. The highest BCUT2D eigenvalue weighted by Crippen LogP contribution is 2.35. The number of aliphatic hydroxyl groups excluding tert-OH is 1. The van der Waals surface area contributed by atoms with Gasteiger partial charge < -0.3 is 15.3 Å². The molecule has 108 valence electrons. The third-order valence-corrected chi connectivity index (χ3v) is 3.46. The van der Waals surface area contributed by atoms with Crippen molar-refractivity contribution < 1.29 is 14.3 Å². The molecule has 1 aromatic heterocycles. The van der Waals surface area contributed by atoms with Crippen LogP contribution in [-0.4, -0.2) is 23.0 Å². The van der Waals surface area contributed by atoms with Crippen LogP contribution in [0.15, 0.2) is 36.5 Å². The minimum absolute atomic E-state index is 0.271. The van der Waals surface area contributed by atoms with E-state index in [1.54, 1.807) is 18.1 Å². The average Bonchev–Trinajstić information content (AvgIpc) is 2.74. The van der Waals surface area contributed by atoms with Crippen LogP contribution in [0.5, 0.6) is 0 Å². The summed E-state index contributed by atoms with van der Waals surface area (Å²) >= 11 is 0. The van der Waals surface area contributed by atoms with E-state index in [9.17, 15) is 14.3 Å². The molecule has 3 rings (SSSR count). The summed E-state index contributed by atoms with van der Waals surface area (Å²) in [5.74, 6) is -1.02. The number of fused-ring (bicyclic) bond motifs is 1. The summed E-state index contributed by atoms with van der Waals surface area (Å²) in [7, 11) is 1.74. The molecule has 0 radical (unpaired) electrons. The van der Waals surface area contributed by atoms with Crippen LogP contribution >= 0.6 is 0 Å². The van der Waals surface area contributed by atoms with Crippen molar-refractivity contribution in [2.24, 2.45) is 0 Å². The van der Waals surface area contributed by atoms with Crippen LogP contribution in [0.25, 0.3) is 0 Å². The number of pyridine rings is 1. The maximum Gasteiger partial charge on any atom is 0.257 e. The van der Waals surface area contributed by atoms with Crippen LogP contribution in [0, 0.1) is 5.82 Å². The number of anilines is 2. The van der Waals surface area contributed by atoms with Crippen LogP contribution in [0.3, 0.4) is 0 Å². The average molecular weight is 287 g/mol. The number of nitrogens with zero attached hydrogens (tertiary/aromatic N) is 2. The lowest BCUT2D eigenvalue weighted by atomic mass is 10.1. The van der Waals surface area contributed by atoms with E-state index in [1.807, 2.05) is 18.2 Å². The summed E-state index contributed by atoms with van der Waals surface area (Å²) in [6.07, 6.45) is 0.378. The topological polar surface area (TPSA) is 65.5 Å². The second kappa shape index (κ2) is 5.14. The van der Waals surface area contributed by atoms with Gasteiger partial charge in [-0.1, -0.05) is 6.07 Å². The zero-order valence-electron chi connectivity index (χ0n) is 11.4. The number of amides is 1. The Hall–Kier alpha value is -2.47. The van der Waals surface area contributed by atoms with Gasteiger partial charge in [-0.15, -0.1) is 0 Å². The Labute approximate surface area is 121 Å². The van der Waals surface area contributed by atoms with Crippen molar-refractivity contribution in [1.29, 1.82) is 0 Å². The Morgan fingerprint density at radius 2 is 2.24 bits per heavy atom. The highest BCUT2D eigenvalue weighted by Gasteiger charge is 2.30. The summed E-state index contributed by atoms with van der Waals surface area (Å²) in [5.41, 5.74) is 1.86. The van der Waals surface area contributed by atoms with Gasteiger partial charge in [0.25, 0.3) is 5.91 Å². The molecule has 0 spiro atoms. The van der Waals surface area contributed by atoms with Crippen LogP contribution in [0.1, 0.15) is 17.4 Å². The number of hydrogen-bond acceptors (Lipinski definition) is 4. The number of carbonyl (C=O) groups is 1. The zero-order chi connectivity index (χ0) is 15.0. The van der Waals surface area contributed by atoms with Gasteiger partial charge in [-0.05, 0) is 24.3 Å². The number of aromatic nitrogens is 1. The van der Waals surface area contributed by atoms with Crippen molar-refractivity contribution in [3.8, 4) is 0 Å². The molecule has 0 fully saturated rings. The van der Waals surface area contributed by atoms with Crippen LogP contribution in [0.4, 0.5) is 15.8 Å². The minimum Gasteiger partial charge on any atom is -0.378 e. The summed E-state index contributed by atoms with van der Waals surface area (Å²) in [4.78, 5) is 17.3. The van der Waals surface area contributed by atoms with Gasteiger partial charge in [-0.25, -0.2) is 4.39 Å².